The maximum absolute atomic E-state index is 15.3. The standard InChI is InChI=1S/C64H88N8O11Si/c1-14-33-80-60(77)45-35-64(11)47-27-19-20-28-48(47)67-56(64)51(45)54(73)52(37(2)3)69-57(74)49(29-21-22-31-66-71-65)68-58(75)50-34-40(83-84(12,13)63(8,9)10)30-32-72(50)59(76)55(39(6)7)82-61(78)53(38(4)5)70-62(79)81-36-46-43-25-17-15-23-41(43)42-24-16-18-26-44(42)46/h14-20,23-28,37-40,45-46,49-53,55-56,67H,1,21-22,29-36H2,2-13H3,(H,68,75)(H,69,74)(H,70,79)/t40-,45+,49-,50+,51?,52+,53+,55-,56-,64-/m0/s1. The molecule has 1 saturated heterocycles. The van der Waals surface area contributed by atoms with Crippen LogP contribution in [0.5, 0.6) is 0 Å². The van der Waals surface area contributed by atoms with Crippen molar-refractivity contribution in [3.05, 3.63) is 113 Å². The zero-order valence-electron chi connectivity index (χ0n) is 51.1. The lowest BCUT2D eigenvalue weighted by atomic mass is 9.77. The number of esters is 2. The van der Waals surface area contributed by atoms with Crippen LogP contribution in [0.1, 0.15) is 130 Å². The largest absolute Gasteiger partial charge is 0.461 e. The molecule has 20 heteroatoms. The molecule has 2 aliphatic carbocycles. The van der Waals surface area contributed by atoms with Crippen LogP contribution >= 0.6 is 0 Å². The first-order valence-electron chi connectivity index (χ1n) is 29.8. The molecule has 4 aliphatic rings. The molecule has 19 nitrogen and oxygen atoms in total. The number of likely N-dealkylation sites (tertiary alicyclic amines) is 1. The number of ether oxygens (including phenoxy) is 3. The van der Waals surface area contributed by atoms with Gasteiger partial charge in [-0.1, -0.05) is 160 Å². The Hall–Kier alpha value is -7.02. The lowest BCUT2D eigenvalue weighted by Gasteiger charge is -2.45. The summed E-state index contributed by atoms with van der Waals surface area (Å²) in [5.41, 5.74) is 14.4. The Morgan fingerprint density at radius 1 is 0.857 bits per heavy atom. The van der Waals surface area contributed by atoms with Crippen LogP contribution in [-0.4, -0.2) is 123 Å². The maximum Gasteiger partial charge on any atom is 0.407 e. The van der Waals surface area contributed by atoms with Crippen LogP contribution in [0.3, 0.4) is 0 Å². The van der Waals surface area contributed by atoms with Gasteiger partial charge in [0.15, 0.2) is 20.2 Å². The van der Waals surface area contributed by atoms with Gasteiger partial charge in [-0.05, 0) is 101 Å². The minimum atomic E-state index is -2.45. The topological polar surface area (TPSA) is 257 Å². The molecule has 0 aromatic heterocycles. The third kappa shape index (κ3) is 14.2. The molecule has 3 aromatic carbocycles. The van der Waals surface area contributed by atoms with E-state index < -0.39 is 121 Å². The van der Waals surface area contributed by atoms with E-state index in [0.717, 1.165) is 33.5 Å². The SMILES string of the molecule is C=CCOC(=O)[C@@H]1C[C@@]2(C)c3ccccc3N[C@H]2C1C(=O)[C@H](NC(=O)[C@H](CCCCN=[N+]=[N-])NC(=O)[C@H]1C[C@@H](O[Si](C)(C)C(C)(C)C)CCN1C(=O)[C@@H](OC(=O)[C@H](NC(=O)OCC1c2ccccc2-c2ccccc21)C(C)C)C(C)C)C(C)C. The molecule has 10 atom stereocenters. The van der Waals surface area contributed by atoms with E-state index >= 15 is 14.4 Å². The van der Waals surface area contributed by atoms with Gasteiger partial charge in [0, 0.05) is 53.6 Å². The molecule has 0 radical (unpaired) electrons. The van der Waals surface area contributed by atoms with Gasteiger partial charge in [0.2, 0.25) is 11.8 Å². The number of carbonyl (C=O) groups excluding carboxylic acids is 7. The molecule has 7 rings (SSSR count). The number of fused-ring (bicyclic) bond motifs is 6. The van der Waals surface area contributed by atoms with E-state index in [2.05, 4.69) is 71.7 Å². The van der Waals surface area contributed by atoms with Crippen LogP contribution < -0.4 is 21.3 Å². The van der Waals surface area contributed by atoms with Crippen molar-refractivity contribution in [1.82, 2.24) is 20.9 Å². The zero-order valence-corrected chi connectivity index (χ0v) is 52.1. The molecule has 1 saturated carbocycles. The summed E-state index contributed by atoms with van der Waals surface area (Å²) in [5.74, 6) is -7.24. The number of ketones is 1. The number of azide groups is 1. The smallest absolute Gasteiger partial charge is 0.407 e. The van der Waals surface area contributed by atoms with Crippen molar-refractivity contribution in [3.8, 4) is 11.1 Å². The van der Waals surface area contributed by atoms with Crippen molar-refractivity contribution in [3.63, 3.8) is 0 Å². The predicted octanol–water partition coefficient (Wildman–Crippen LogP) is 10.3. The summed E-state index contributed by atoms with van der Waals surface area (Å²) in [6.07, 6.45) is 0.303. The number of amides is 4. The summed E-state index contributed by atoms with van der Waals surface area (Å²) in [5, 5.41) is 15.7. The fourth-order valence-corrected chi connectivity index (χ4v) is 13.8. The third-order valence-electron chi connectivity index (χ3n) is 18.0. The number of anilines is 1. The van der Waals surface area contributed by atoms with E-state index in [-0.39, 0.29) is 55.9 Å². The summed E-state index contributed by atoms with van der Waals surface area (Å²) >= 11 is 0. The van der Waals surface area contributed by atoms with Crippen molar-refractivity contribution < 1.29 is 52.2 Å². The Morgan fingerprint density at radius 3 is 2.10 bits per heavy atom. The van der Waals surface area contributed by atoms with Gasteiger partial charge in [0.25, 0.3) is 5.91 Å². The van der Waals surface area contributed by atoms with Crippen LogP contribution in [0.2, 0.25) is 18.1 Å². The van der Waals surface area contributed by atoms with Gasteiger partial charge in [-0.3, -0.25) is 24.0 Å². The molecule has 1 unspecified atom stereocenters. The fraction of sp³-hybridized carbons (Fsp3) is 0.578. The molecular weight excluding hydrogens is 1080 g/mol. The van der Waals surface area contributed by atoms with Crippen molar-refractivity contribution in [1.29, 1.82) is 0 Å². The summed E-state index contributed by atoms with van der Waals surface area (Å²) < 4.78 is 24.4. The van der Waals surface area contributed by atoms with Crippen molar-refractivity contribution >= 4 is 55.5 Å². The molecule has 2 aliphatic heterocycles. The number of carbonyl (C=O) groups is 7. The molecule has 2 fully saturated rings. The highest BCUT2D eigenvalue weighted by Gasteiger charge is 2.61. The normalized spacial score (nSPS) is 22.2. The lowest BCUT2D eigenvalue weighted by molar-refractivity contribution is -0.169. The summed E-state index contributed by atoms with van der Waals surface area (Å²) in [6.45, 7) is 27.0. The van der Waals surface area contributed by atoms with Crippen LogP contribution in [0.25, 0.3) is 21.6 Å². The minimum absolute atomic E-state index is 0.0168. The van der Waals surface area contributed by atoms with E-state index in [0.29, 0.717) is 25.7 Å². The van der Waals surface area contributed by atoms with Crippen LogP contribution in [0.4, 0.5) is 10.5 Å². The van der Waals surface area contributed by atoms with Gasteiger partial charge < -0.3 is 44.8 Å². The molecular formula is C64H88N8O11Si. The Balaban J connectivity index is 1.12. The average Bonchev–Trinajstić information content (AvgIpc) is 1.65. The molecule has 0 bridgehead atoms. The summed E-state index contributed by atoms with van der Waals surface area (Å²) in [4.78, 5) is 107. The van der Waals surface area contributed by atoms with Gasteiger partial charge in [0.05, 0.1) is 17.9 Å². The van der Waals surface area contributed by atoms with Crippen molar-refractivity contribution in [2.45, 2.75) is 180 Å². The quantitative estimate of drug-likeness (QED) is 0.00903. The minimum Gasteiger partial charge on any atom is -0.461 e. The zero-order chi connectivity index (χ0) is 61.4. The molecule has 454 valence electrons. The van der Waals surface area contributed by atoms with Gasteiger partial charge in [-0.15, -0.1) is 0 Å². The molecule has 0 spiro atoms. The van der Waals surface area contributed by atoms with E-state index in [1.807, 2.05) is 79.7 Å². The first-order valence-corrected chi connectivity index (χ1v) is 32.7. The number of nitrogens with one attached hydrogen (secondary N) is 4. The number of rotatable bonds is 25. The van der Waals surface area contributed by atoms with E-state index in [4.69, 9.17) is 24.2 Å². The molecule has 4 amide bonds. The highest BCUT2D eigenvalue weighted by atomic mass is 28.4. The Labute approximate surface area is 496 Å². The number of unbranched alkanes of at least 4 members (excludes halogenated alkanes) is 1. The number of hydrogen-bond acceptors (Lipinski definition) is 13. The number of para-hydroxylation sites is 1. The fourth-order valence-electron chi connectivity index (χ4n) is 12.4. The molecule has 84 heavy (non-hydrogen) atoms. The second-order valence-electron chi connectivity index (χ2n) is 25.8. The summed E-state index contributed by atoms with van der Waals surface area (Å²) in [6, 6.07) is 18.4. The lowest BCUT2D eigenvalue weighted by Crippen LogP contribution is -2.62. The van der Waals surface area contributed by atoms with Crippen LogP contribution in [0, 0.1) is 29.6 Å². The third-order valence-corrected chi connectivity index (χ3v) is 22.5. The number of benzene rings is 3. The number of alkyl carbamates (subject to hydrolysis) is 1. The first-order chi connectivity index (χ1) is 39.7. The van der Waals surface area contributed by atoms with E-state index in [1.54, 1.807) is 41.5 Å². The average molecular weight is 1170 g/mol. The van der Waals surface area contributed by atoms with E-state index in [9.17, 15) is 19.2 Å². The van der Waals surface area contributed by atoms with Crippen LogP contribution in [-0.2, 0) is 52.8 Å². The highest BCUT2D eigenvalue weighted by Crippen LogP contribution is 2.56. The van der Waals surface area contributed by atoms with Crippen LogP contribution in [0.15, 0.2) is 90.6 Å². The van der Waals surface area contributed by atoms with Gasteiger partial charge in [-0.25, -0.2) is 9.59 Å². The number of nitrogens with zero attached hydrogens (tertiary/aromatic N) is 4. The Bertz CT molecular complexity index is 2930. The van der Waals surface area contributed by atoms with E-state index in [1.165, 1.54) is 11.0 Å². The van der Waals surface area contributed by atoms with Crippen molar-refractivity contribution in [2.24, 2.45) is 34.7 Å². The number of Topliss-reactive ketones (excluding diaryl/α,β-unsaturated/α-hetero) is 1. The van der Waals surface area contributed by atoms with Crippen molar-refractivity contribution in [2.75, 3.05) is 31.6 Å². The summed E-state index contributed by atoms with van der Waals surface area (Å²) in [7, 11) is -2.45. The van der Waals surface area contributed by atoms with Gasteiger partial charge in [0.1, 0.15) is 31.3 Å². The number of hydrogen-bond donors (Lipinski definition) is 4. The highest BCUT2D eigenvalue weighted by molar-refractivity contribution is 6.74. The monoisotopic (exact) mass is 1170 g/mol. The first kappa shape index (κ1) is 64.5. The van der Waals surface area contributed by atoms with Gasteiger partial charge >= 0.3 is 18.0 Å². The maximum atomic E-state index is 15.3. The molecule has 2 heterocycles. The van der Waals surface area contributed by atoms with Gasteiger partial charge in [-0.2, -0.15) is 0 Å². The predicted molar refractivity (Wildman–Crippen MR) is 324 cm³/mol. The second kappa shape index (κ2) is 27.3. The second-order valence-corrected chi connectivity index (χ2v) is 30.6. The number of piperidine rings is 1. The Morgan fingerprint density at radius 2 is 1.49 bits per heavy atom. The molecule has 3 aromatic rings. The Kier molecular flexibility index (Phi) is 21.0. The molecule has 4 N–H and O–H groups in total.